The lowest BCUT2D eigenvalue weighted by molar-refractivity contribution is -0.137. The van der Waals surface area contributed by atoms with E-state index in [-0.39, 0.29) is 44.4 Å². The summed E-state index contributed by atoms with van der Waals surface area (Å²) in [4.78, 5) is 29.1. The fraction of sp³-hybridized carbons (Fsp3) is 0.231. The van der Waals surface area contributed by atoms with Crippen LogP contribution in [0.1, 0.15) is 27.2 Å². The lowest BCUT2D eigenvalue weighted by Crippen LogP contribution is -2.42. The summed E-state index contributed by atoms with van der Waals surface area (Å²) in [5.74, 6) is 0.767. The average Bonchev–Trinajstić information content (AvgIpc) is 3.54. The van der Waals surface area contributed by atoms with E-state index in [0.717, 1.165) is 29.8 Å². The van der Waals surface area contributed by atoms with Crippen LogP contribution in [0.4, 0.5) is 13.2 Å². The van der Waals surface area contributed by atoms with Crippen molar-refractivity contribution in [3.8, 4) is 11.5 Å². The molecule has 0 radical (unpaired) electrons. The minimum atomic E-state index is -4.51. The summed E-state index contributed by atoms with van der Waals surface area (Å²) in [6.45, 7) is 3.82. The second-order valence-corrected chi connectivity index (χ2v) is 8.07. The van der Waals surface area contributed by atoms with Gasteiger partial charge in [-0.3, -0.25) is 9.59 Å². The van der Waals surface area contributed by atoms with Crippen LogP contribution in [0.25, 0.3) is 0 Å². The van der Waals surface area contributed by atoms with Crippen LogP contribution in [-0.4, -0.2) is 41.5 Å². The molecule has 0 N–H and O–H groups in total. The van der Waals surface area contributed by atoms with E-state index in [9.17, 15) is 22.8 Å². The van der Waals surface area contributed by atoms with Gasteiger partial charge in [0, 0.05) is 18.7 Å². The van der Waals surface area contributed by atoms with Crippen molar-refractivity contribution in [2.45, 2.75) is 19.3 Å². The summed E-state index contributed by atoms with van der Waals surface area (Å²) in [5.41, 5.74) is -0.0479. The van der Waals surface area contributed by atoms with Crippen LogP contribution in [0, 0.1) is 0 Å². The number of amides is 2. The molecule has 0 spiro atoms. The van der Waals surface area contributed by atoms with E-state index < -0.39 is 17.6 Å². The molecule has 0 saturated carbocycles. The lowest BCUT2D eigenvalue weighted by Gasteiger charge is -2.27. The highest BCUT2D eigenvalue weighted by molar-refractivity contribution is 5.96. The molecule has 0 unspecified atom stereocenters. The summed E-state index contributed by atoms with van der Waals surface area (Å²) >= 11 is 0. The lowest BCUT2D eigenvalue weighted by atomic mass is 10.1. The van der Waals surface area contributed by atoms with Gasteiger partial charge < -0.3 is 23.7 Å². The van der Waals surface area contributed by atoms with Crippen molar-refractivity contribution >= 4 is 11.8 Å². The second kappa shape index (κ2) is 10.6. The molecule has 0 fully saturated rings. The molecule has 2 amide bonds. The van der Waals surface area contributed by atoms with E-state index in [2.05, 4.69) is 6.58 Å². The number of nitrogens with zero attached hydrogens (tertiary/aromatic N) is 2. The van der Waals surface area contributed by atoms with Gasteiger partial charge in [0.2, 0.25) is 12.7 Å². The third-order valence-corrected chi connectivity index (χ3v) is 5.51. The Labute approximate surface area is 205 Å². The Morgan fingerprint density at radius 1 is 0.972 bits per heavy atom. The Morgan fingerprint density at radius 3 is 2.39 bits per heavy atom. The SMILES string of the molecule is C=CCN(CC(=O)N(Cc1ccc2c(c1)OCO2)Cc1ccco1)C(=O)c1ccc(C(F)(F)F)cc1. The highest BCUT2D eigenvalue weighted by Gasteiger charge is 2.31. The summed E-state index contributed by atoms with van der Waals surface area (Å²) in [5, 5.41) is 0. The van der Waals surface area contributed by atoms with E-state index >= 15 is 0 Å². The van der Waals surface area contributed by atoms with E-state index in [1.807, 2.05) is 6.07 Å². The van der Waals surface area contributed by atoms with Crippen LogP contribution in [0.2, 0.25) is 0 Å². The van der Waals surface area contributed by atoms with E-state index in [0.29, 0.717) is 17.3 Å². The number of benzene rings is 2. The Balaban J connectivity index is 1.52. The molecule has 4 rings (SSSR count). The number of carbonyl (C=O) groups excluding carboxylic acids is 2. The first kappa shape index (κ1) is 24.9. The minimum absolute atomic E-state index is 0.0320. The monoisotopic (exact) mass is 500 g/mol. The Bertz CT molecular complexity index is 1220. The average molecular weight is 500 g/mol. The molecule has 0 aliphatic carbocycles. The van der Waals surface area contributed by atoms with Gasteiger partial charge in [0.1, 0.15) is 12.3 Å². The zero-order valence-electron chi connectivity index (χ0n) is 19.2. The first-order valence-electron chi connectivity index (χ1n) is 11.0. The van der Waals surface area contributed by atoms with Crippen molar-refractivity contribution in [1.82, 2.24) is 9.80 Å². The molecular formula is C26H23F3N2O5. The van der Waals surface area contributed by atoms with Gasteiger partial charge >= 0.3 is 6.18 Å². The molecule has 36 heavy (non-hydrogen) atoms. The third-order valence-electron chi connectivity index (χ3n) is 5.51. The zero-order chi connectivity index (χ0) is 25.7. The van der Waals surface area contributed by atoms with Crippen molar-refractivity contribution in [2.75, 3.05) is 19.9 Å². The third kappa shape index (κ3) is 5.88. The maximum atomic E-state index is 13.4. The first-order chi connectivity index (χ1) is 17.2. The largest absolute Gasteiger partial charge is 0.467 e. The van der Waals surface area contributed by atoms with Gasteiger partial charge in [-0.25, -0.2) is 0 Å². The number of fused-ring (bicyclic) bond motifs is 1. The predicted octanol–water partition coefficient (Wildman–Crippen LogP) is 4.88. The number of hydrogen-bond donors (Lipinski definition) is 0. The maximum absolute atomic E-state index is 13.4. The fourth-order valence-corrected chi connectivity index (χ4v) is 3.71. The highest BCUT2D eigenvalue weighted by Crippen LogP contribution is 2.33. The topological polar surface area (TPSA) is 72.2 Å². The molecule has 0 saturated heterocycles. The number of halogens is 3. The van der Waals surface area contributed by atoms with Crippen molar-refractivity contribution in [2.24, 2.45) is 0 Å². The van der Waals surface area contributed by atoms with Gasteiger partial charge in [-0.05, 0) is 54.1 Å². The smallest absolute Gasteiger partial charge is 0.416 e. The van der Waals surface area contributed by atoms with Crippen molar-refractivity contribution < 1.29 is 36.7 Å². The van der Waals surface area contributed by atoms with Gasteiger partial charge in [-0.2, -0.15) is 13.2 Å². The predicted molar refractivity (Wildman–Crippen MR) is 123 cm³/mol. The molecule has 2 heterocycles. The maximum Gasteiger partial charge on any atom is 0.416 e. The van der Waals surface area contributed by atoms with Crippen LogP contribution in [0.15, 0.2) is 77.9 Å². The quantitative estimate of drug-likeness (QED) is 0.392. The zero-order valence-corrected chi connectivity index (χ0v) is 19.2. The molecule has 2 aromatic carbocycles. The molecule has 1 aliphatic rings. The fourth-order valence-electron chi connectivity index (χ4n) is 3.71. The van der Waals surface area contributed by atoms with Gasteiger partial charge in [-0.15, -0.1) is 6.58 Å². The molecule has 3 aromatic rings. The van der Waals surface area contributed by atoms with Gasteiger partial charge in [-0.1, -0.05) is 12.1 Å². The number of carbonyl (C=O) groups is 2. The molecule has 0 bridgehead atoms. The molecule has 7 nitrogen and oxygen atoms in total. The first-order valence-corrected chi connectivity index (χ1v) is 11.0. The van der Waals surface area contributed by atoms with Gasteiger partial charge in [0.05, 0.1) is 18.4 Å². The summed E-state index contributed by atoms with van der Waals surface area (Å²) in [6, 6.07) is 12.6. The van der Waals surface area contributed by atoms with E-state index in [1.54, 1.807) is 24.3 Å². The minimum Gasteiger partial charge on any atom is -0.467 e. The number of ether oxygens (including phenoxy) is 2. The number of alkyl halides is 3. The standard InChI is InChI=1S/C26H23F3N2O5/c1-2-11-30(25(33)19-6-8-20(9-7-19)26(27,28)29)16-24(32)31(15-21-4-3-12-34-21)14-18-5-10-22-23(13-18)36-17-35-22/h2-10,12-13H,1,11,14-17H2. The summed E-state index contributed by atoms with van der Waals surface area (Å²) in [6.07, 6.45) is -1.57. The van der Waals surface area contributed by atoms with Crippen LogP contribution in [0.3, 0.4) is 0 Å². The van der Waals surface area contributed by atoms with E-state index in [1.165, 1.54) is 22.1 Å². The molecule has 1 aliphatic heterocycles. The molecule has 0 atom stereocenters. The van der Waals surface area contributed by atoms with E-state index in [4.69, 9.17) is 13.9 Å². The van der Waals surface area contributed by atoms with Gasteiger partial charge in [0.25, 0.3) is 5.91 Å². The van der Waals surface area contributed by atoms with Crippen LogP contribution >= 0.6 is 0 Å². The normalized spacial score (nSPS) is 12.3. The number of furan rings is 1. The molecule has 1 aromatic heterocycles. The number of hydrogen-bond acceptors (Lipinski definition) is 5. The summed E-state index contributed by atoms with van der Waals surface area (Å²) < 4.78 is 54.8. The Hall–Kier alpha value is -4.21. The van der Waals surface area contributed by atoms with Crippen molar-refractivity contribution in [3.63, 3.8) is 0 Å². The molecule has 188 valence electrons. The number of rotatable bonds is 9. The summed E-state index contributed by atoms with van der Waals surface area (Å²) in [7, 11) is 0. The van der Waals surface area contributed by atoms with Crippen LogP contribution in [0.5, 0.6) is 11.5 Å². The Kier molecular flexibility index (Phi) is 7.33. The molecular weight excluding hydrogens is 477 g/mol. The van der Waals surface area contributed by atoms with Crippen molar-refractivity contribution in [3.05, 3.63) is 96.0 Å². The molecule has 10 heteroatoms. The second-order valence-electron chi connectivity index (χ2n) is 8.07. The van der Waals surface area contributed by atoms with Crippen molar-refractivity contribution in [1.29, 1.82) is 0 Å². The van der Waals surface area contributed by atoms with Gasteiger partial charge in [0.15, 0.2) is 11.5 Å². The Morgan fingerprint density at radius 2 is 1.72 bits per heavy atom. The van der Waals surface area contributed by atoms with Crippen LogP contribution < -0.4 is 9.47 Å². The van der Waals surface area contributed by atoms with Crippen LogP contribution in [-0.2, 0) is 24.1 Å². The highest BCUT2D eigenvalue weighted by atomic mass is 19.4.